The van der Waals surface area contributed by atoms with E-state index in [1.165, 1.54) is 12.1 Å². The summed E-state index contributed by atoms with van der Waals surface area (Å²) in [6.07, 6.45) is 2.09. The summed E-state index contributed by atoms with van der Waals surface area (Å²) in [6, 6.07) is 27.3. The van der Waals surface area contributed by atoms with Crippen LogP contribution in [0.3, 0.4) is 0 Å². The quantitative estimate of drug-likeness (QED) is 0.248. The van der Waals surface area contributed by atoms with Crippen LogP contribution < -0.4 is 5.32 Å². The van der Waals surface area contributed by atoms with E-state index in [4.69, 9.17) is 0 Å². The molecule has 3 nitrogen and oxygen atoms in total. The molecule has 0 saturated heterocycles. The van der Waals surface area contributed by atoms with Crippen LogP contribution in [0.1, 0.15) is 16.7 Å². The number of carbonyl (C=O) groups is 1. The van der Waals surface area contributed by atoms with E-state index in [2.05, 4.69) is 21.2 Å². The highest BCUT2D eigenvalue weighted by Gasteiger charge is 2.13. The second-order valence-corrected chi connectivity index (χ2v) is 8.21. The number of rotatable bonds is 5. The van der Waals surface area contributed by atoms with Crippen molar-refractivity contribution in [3.63, 3.8) is 0 Å². The van der Waals surface area contributed by atoms with E-state index >= 15 is 0 Å². The highest BCUT2D eigenvalue weighted by atomic mass is 79.9. The third-order valence-electron chi connectivity index (χ3n) is 5.10. The lowest BCUT2D eigenvalue weighted by atomic mass is 9.93. The van der Waals surface area contributed by atoms with E-state index in [9.17, 15) is 14.4 Å². The van der Waals surface area contributed by atoms with Gasteiger partial charge in [-0.1, -0.05) is 64.5 Å². The molecule has 0 aliphatic rings. The zero-order valence-electron chi connectivity index (χ0n) is 17.0. The number of halogens is 2. The van der Waals surface area contributed by atoms with Gasteiger partial charge >= 0.3 is 0 Å². The van der Waals surface area contributed by atoms with E-state index in [0.717, 1.165) is 31.9 Å². The van der Waals surface area contributed by atoms with Gasteiger partial charge in [-0.25, -0.2) is 4.39 Å². The molecule has 1 N–H and O–H groups in total. The van der Waals surface area contributed by atoms with Crippen LogP contribution in [0.15, 0.2) is 95.0 Å². The Bertz CT molecular complexity index is 1370. The number of amides is 1. The van der Waals surface area contributed by atoms with E-state index in [-0.39, 0.29) is 11.4 Å². The number of carbonyl (C=O) groups excluding carboxylic acids is 1. The molecule has 1 amide bonds. The predicted octanol–water partition coefficient (Wildman–Crippen LogP) is 6.88. The average Bonchev–Trinajstić information content (AvgIpc) is 2.80. The van der Waals surface area contributed by atoms with Crippen molar-refractivity contribution in [2.75, 3.05) is 5.32 Å². The molecule has 0 atom stereocenters. The summed E-state index contributed by atoms with van der Waals surface area (Å²) < 4.78 is 14.6. The first kappa shape index (κ1) is 21.5. The number of nitrogens with zero attached hydrogens (tertiary/aromatic N) is 1. The number of hydrogen-bond acceptors (Lipinski definition) is 2. The number of nitrogens with one attached hydrogen (secondary N) is 1. The molecule has 156 valence electrons. The number of hydrogen-bond donors (Lipinski definition) is 1. The maximum Gasteiger partial charge on any atom is 0.266 e. The van der Waals surface area contributed by atoms with Crippen LogP contribution in [-0.2, 0) is 11.2 Å². The molecule has 0 heterocycles. The van der Waals surface area contributed by atoms with Crippen LogP contribution in [0.4, 0.5) is 10.1 Å². The Morgan fingerprint density at radius 1 is 1.00 bits per heavy atom. The summed E-state index contributed by atoms with van der Waals surface area (Å²) in [7, 11) is 0. The Kier molecular flexibility index (Phi) is 6.44. The van der Waals surface area contributed by atoms with Gasteiger partial charge in [0.05, 0.1) is 0 Å². The van der Waals surface area contributed by atoms with Crippen LogP contribution in [0.5, 0.6) is 0 Å². The summed E-state index contributed by atoms with van der Waals surface area (Å²) in [4.78, 5) is 12.8. The van der Waals surface area contributed by atoms with Crippen molar-refractivity contribution in [2.45, 2.75) is 6.42 Å². The van der Waals surface area contributed by atoms with Crippen LogP contribution in [0, 0.1) is 17.1 Å². The van der Waals surface area contributed by atoms with Crippen molar-refractivity contribution in [3.8, 4) is 6.07 Å². The number of nitriles is 1. The summed E-state index contributed by atoms with van der Waals surface area (Å²) in [5.74, 6) is -0.786. The minimum Gasteiger partial charge on any atom is -0.321 e. The van der Waals surface area contributed by atoms with Gasteiger partial charge in [0, 0.05) is 10.2 Å². The fourth-order valence-corrected chi connectivity index (χ4v) is 3.82. The second-order valence-electron chi connectivity index (χ2n) is 7.30. The average molecular weight is 485 g/mol. The summed E-state index contributed by atoms with van der Waals surface area (Å²) in [5.41, 5.74) is 3.07. The molecule has 0 aromatic heterocycles. The monoisotopic (exact) mass is 484 g/mol. The molecule has 0 spiro atoms. The molecule has 0 unspecified atom stereocenters. The van der Waals surface area contributed by atoms with Crippen molar-refractivity contribution < 1.29 is 9.18 Å². The first-order chi connectivity index (χ1) is 15.5. The lowest BCUT2D eigenvalue weighted by Crippen LogP contribution is -2.13. The van der Waals surface area contributed by atoms with Crippen LogP contribution in [-0.4, -0.2) is 5.91 Å². The van der Waals surface area contributed by atoms with Gasteiger partial charge in [-0.3, -0.25) is 4.79 Å². The molecule has 0 bridgehead atoms. The summed E-state index contributed by atoms with van der Waals surface area (Å²) >= 11 is 3.36. The molecule has 0 saturated carbocycles. The maximum atomic E-state index is 13.7. The largest absolute Gasteiger partial charge is 0.321 e. The van der Waals surface area contributed by atoms with Gasteiger partial charge in [-0.05, 0) is 76.4 Å². The molecule has 0 fully saturated rings. The molecule has 32 heavy (non-hydrogen) atoms. The fraction of sp³-hybridized carbons (Fsp3) is 0.0370. The molecule has 0 aliphatic heterocycles. The van der Waals surface area contributed by atoms with Crippen LogP contribution >= 0.6 is 15.9 Å². The van der Waals surface area contributed by atoms with Gasteiger partial charge in [0.25, 0.3) is 5.91 Å². The molecule has 0 radical (unpaired) electrons. The minimum absolute atomic E-state index is 0.00948. The van der Waals surface area contributed by atoms with Gasteiger partial charge in [0.2, 0.25) is 0 Å². The van der Waals surface area contributed by atoms with Crippen molar-refractivity contribution in [2.24, 2.45) is 0 Å². The van der Waals surface area contributed by atoms with E-state index in [1.807, 2.05) is 60.7 Å². The zero-order chi connectivity index (χ0) is 22.5. The van der Waals surface area contributed by atoms with Gasteiger partial charge in [-0.15, -0.1) is 0 Å². The van der Waals surface area contributed by atoms with E-state index in [1.54, 1.807) is 24.3 Å². The highest BCUT2D eigenvalue weighted by Crippen LogP contribution is 2.27. The maximum absolute atomic E-state index is 13.7. The van der Waals surface area contributed by atoms with E-state index < -0.39 is 5.91 Å². The van der Waals surface area contributed by atoms with Crippen molar-refractivity contribution in [1.82, 2.24) is 0 Å². The number of anilines is 1. The summed E-state index contributed by atoms with van der Waals surface area (Å²) in [6.45, 7) is 0. The smallest absolute Gasteiger partial charge is 0.266 e. The summed E-state index contributed by atoms with van der Waals surface area (Å²) in [5, 5.41) is 14.4. The minimum atomic E-state index is -0.487. The van der Waals surface area contributed by atoms with Gasteiger partial charge in [0.1, 0.15) is 17.5 Å². The highest BCUT2D eigenvalue weighted by molar-refractivity contribution is 9.10. The second kappa shape index (κ2) is 9.59. The first-order valence-electron chi connectivity index (χ1n) is 9.97. The molecular formula is C27H18BrFN2O. The third-order valence-corrected chi connectivity index (χ3v) is 5.63. The Morgan fingerprint density at radius 2 is 1.78 bits per heavy atom. The molecule has 4 aromatic rings. The Hall–Kier alpha value is -3.75. The molecule has 4 aromatic carbocycles. The number of benzene rings is 4. The predicted molar refractivity (Wildman–Crippen MR) is 130 cm³/mol. The Morgan fingerprint density at radius 3 is 2.53 bits per heavy atom. The zero-order valence-corrected chi connectivity index (χ0v) is 18.6. The third kappa shape index (κ3) is 4.93. The Balaban J connectivity index is 1.76. The molecular weight excluding hydrogens is 467 g/mol. The van der Waals surface area contributed by atoms with Gasteiger partial charge < -0.3 is 5.32 Å². The van der Waals surface area contributed by atoms with Gasteiger partial charge in [0.15, 0.2) is 0 Å². The van der Waals surface area contributed by atoms with E-state index in [0.29, 0.717) is 12.1 Å². The molecule has 0 aliphatic carbocycles. The number of fused-ring (bicyclic) bond motifs is 1. The Labute approximate surface area is 193 Å². The van der Waals surface area contributed by atoms with Crippen LogP contribution in [0.25, 0.3) is 16.8 Å². The van der Waals surface area contributed by atoms with Gasteiger partial charge in [-0.2, -0.15) is 5.26 Å². The fourth-order valence-electron chi connectivity index (χ4n) is 3.56. The standard InChI is InChI=1S/C27H18BrFN2O/c28-22-10-12-24(13-11-22)31-27(32)21(17-30)16-26-20(14-18-4-3-6-23(29)15-18)9-8-19-5-1-2-7-25(19)26/h1-13,15-16H,14H2,(H,31,32)/b21-16+. The molecule has 5 heteroatoms. The van der Waals surface area contributed by atoms with Crippen molar-refractivity contribution >= 4 is 44.4 Å². The van der Waals surface area contributed by atoms with Crippen molar-refractivity contribution in [1.29, 1.82) is 5.26 Å². The lowest BCUT2D eigenvalue weighted by molar-refractivity contribution is -0.112. The topological polar surface area (TPSA) is 52.9 Å². The molecule has 4 rings (SSSR count). The van der Waals surface area contributed by atoms with Crippen LogP contribution in [0.2, 0.25) is 0 Å². The first-order valence-corrected chi connectivity index (χ1v) is 10.8. The normalized spacial score (nSPS) is 11.2. The van der Waals surface area contributed by atoms with Crippen molar-refractivity contribution in [3.05, 3.63) is 117 Å². The lowest BCUT2D eigenvalue weighted by Gasteiger charge is -2.12. The SMILES string of the molecule is N#C/C(=C\c1c(Cc2cccc(F)c2)ccc2ccccc12)C(=O)Nc1ccc(Br)cc1.